The molecule has 2 rings (SSSR count). The Morgan fingerprint density at radius 3 is 2.83 bits per heavy atom. The molecule has 1 fully saturated rings. The van der Waals surface area contributed by atoms with Gasteiger partial charge in [0.15, 0.2) is 5.11 Å². The first-order valence-electron chi connectivity index (χ1n) is 6.48. The third-order valence-electron chi connectivity index (χ3n) is 3.51. The van der Waals surface area contributed by atoms with E-state index >= 15 is 0 Å². The Kier molecular flexibility index (Phi) is 4.53. The summed E-state index contributed by atoms with van der Waals surface area (Å²) < 4.78 is 13.0. The Bertz CT molecular complexity index is 422. The number of thiocarbonyl (C=S) groups is 1. The van der Waals surface area contributed by atoms with Crippen LogP contribution in [-0.4, -0.2) is 11.2 Å². The van der Waals surface area contributed by atoms with Gasteiger partial charge in [-0.2, -0.15) is 0 Å². The summed E-state index contributed by atoms with van der Waals surface area (Å²) in [6.07, 6.45) is 4.97. The van der Waals surface area contributed by atoms with Gasteiger partial charge >= 0.3 is 0 Å². The minimum Gasteiger partial charge on any atom is -0.359 e. The Morgan fingerprint density at radius 2 is 2.11 bits per heavy atom. The van der Waals surface area contributed by atoms with E-state index in [1.807, 2.05) is 0 Å². The van der Waals surface area contributed by atoms with Crippen molar-refractivity contribution in [1.29, 1.82) is 0 Å². The molecule has 1 aliphatic rings. The molecule has 98 valence electrons. The first-order chi connectivity index (χ1) is 8.65. The fourth-order valence-electron chi connectivity index (χ4n) is 2.43. The number of nitrogens with one attached hydrogen (secondary N) is 2. The normalized spacial score (nSPS) is 23.4. The molecule has 1 saturated carbocycles. The predicted molar refractivity (Wildman–Crippen MR) is 77.2 cm³/mol. The molecule has 0 heterocycles. The van der Waals surface area contributed by atoms with Crippen molar-refractivity contribution in [2.75, 3.05) is 5.32 Å². The zero-order chi connectivity index (χ0) is 13.0. The quantitative estimate of drug-likeness (QED) is 0.798. The first-order valence-corrected chi connectivity index (χ1v) is 6.89. The number of hydrogen-bond donors (Lipinski definition) is 2. The molecule has 0 aliphatic heterocycles. The van der Waals surface area contributed by atoms with E-state index in [9.17, 15) is 4.39 Å². The Balaban J connectivity index is 1.88. The highest BCUT2D eigenvalue weighted by Gasteiger charge is 2.21. The van der Waals surface area contributed by atoms with E-state index in [2.05, 4.69) is 17.6 Å². The molecular formula is C14H19FN2S. The molecule has 2 nitrogen and oxygen atoms in total. The van der Waals surface area contributed by atoms with Gasteiger partial charge in [-0.05, 0) is 49.2 Å². The van der Waals surface area contributed by atoms with Crippen LogP contribution >= 0.6 is 12.2 Å². The van der Waals surface area contributed by atoms with Crippen LogP contribution < -0.4 is 10.6 Å². The van der Waals surface area contributed by atoms with Crippen molar-refractivity contribution in [3.63, 3.8) is 0 Å². The SMILES string of the molecule is C[C@@H]1CCCC[C@H]1NC(=S)Nc1cccc(F)c1. The molecule has 0 radical (unpaired) electrons. The summed E-state index contributed by atoms with van der Waals surface area (Å²) in [5.74, 6) is 0.389. The van der Waals surface area contributed by atoms with Gasteiger partial charge in [-0.1, -0.05) is 25.8 Å². The van der Waals surface area contributed by atoms with E-state index in [0.29, 0.717) is 22.8 Å². The first kappa shape index (κ1) is 13.3. The topological polar surface area (TPSA) is 24.1 Å². The molecular weight excluding hydrogens is 247 g/mol. The predicted octanol–water partition coefficient (Wildman–Crippen LogP) is 3.69. The third kappa shape index (κ3) is 3.67. The minimum atomic E-state index is -0.256. The molecule has 2 atom stereocenters. The van der Waals surface area contributed by atoms with Gasteiger partial charge in [-0.15, -0.1) is 0 Å². The van der Waals surface area contributed by atoms with Crippen LogP contribution in [0, 0.1) is 11.7 Å². The van der Waals surface area contributed by atoms with Crippen molar-refractivity contribution in [1.82, 2.24) is 5.32 Å². The molecule has 18 heavy (non-hydrogen) atoms. The second-order valence-electron chi connectivity index (χ2n) is 4.98. The van der Waals surface area contributed by atoms with E-state index in [4.69, 9.17) is 12.2 Å². The lowest BCUT2D eigenvalue weighted by Crippen LogP contribution is -2.43. The van der Waals surface area contributed by atoms with Crippen LogP contribution in [0.3, 0.4) is 0 Å². The zero-order valence-electron chi connectivity index (χ0n) is 10.6. The van der Waals surface area contributed by atoms with Crippen molar-refractivity contribution >= 4 is 23.0 Å². The maximum absolute atomic E-state index is 13.0. The number of halogens is 1. The van der Waals surface area contributed by atoms with Crippen LogP contribution in [0.25, 0.3) is 0 Å². The van der Waals surface area contributed by atoms with E-state index in [1.54, 1.807) is 12.1 Å². The number of benzene rings is 1. The molecule has 0 unspecified atom stereocenters. The van der Waals surface area contributed by atoms with Gasteiger partial charge in [-0.25, -0.2) is 4.39 Å². The second-order valence-corrected chi connectivity index (χ2v) is 5.39. The Labute approximate surface area is 113 Å². The summed E-state index contributed by atoms with van der Waals surface area (Å²) in [5.41, 5.74) is 0.691. The van der Waals surface area contributed by atoms with Gasteiger partial charge in [0.05, 0.1) is 0 Å². The largest absolute Gasteiger partial charge is 0.359 e. The number of rotatable bonds is 2. The summed E-state index contributed by atoms with van der Waals surface area (Å²) in [6.45, 7) is 2.25. The van der Waals surface area contributed by atoms with Gasteiger partial charge in [0.2, 0.25) is 0 Å². The summed E-state index contributed by atoms with van der Waals surface area (Å²) in [6, 6.07) is 6.78. The summed E-state index contributed by atoms with van der Waals surface area (Å²) in [7, 11) is 0. The van der Waals surface area contributed by atoms with Crippen LogP contribution in [-0.2, 0) is 0 Å². The standard InChI is InChI=1S/C14H19FN2S/c1-10-5-2-3-8-13(10)17-14(18)16-12-7-4-6-11(15)9-12/h4,6-7,9-10,13H,2-3,5,8H2,1H3,(H2,16,17,18)/t10-,13-/m1/s1. The lowest BCUT2D eigenvalue weighted by atomic mass is 9.86. The molecule has 0 bridgehead atoms. The fraction of sp³-hybridized carbons (Fsp3) is 0.500. The van der Waals surface area contributed by atoms with E-state index in [1.165, 1.54) is 31.4 Å². The highest BCUT2D eigenvalue weighted by atomic mass is 32.1. The maximum atomic E-state index is 13.0. The molecule has 1 aromatic rings. The van der Waals surface area contributed by atoms with Crippen molar-refractivity contribution in [2.24, 2.45) is 5.92 Å². The van der Waals surface area contributed by atoms with Gasteiger partial charge < -0.3 is 10.6 Å². The summed E-state index contributed by atoms with van der Waals surface area (Å²) in [5, 5.41) is 6.95. The monoisotopic (exact) mass is 266 g/mol. The molecule has 0 spiro atoms. The molecule has 2 N–H and O–H groups in total. The van der Waals surface area contributed by atoms with Crippen LogP contribution in [0.4, 0.5) is 10.1 Å². The van der Waals surface area contributed by atoms with Crippen LogP contribution in [0.5, 0.6) is 0 Å². The minimum absolute atomic E-state index is 0.256. The van der Waals surface area contributed by atoms with Crippen molar-refractivity contribution < 1.29 is 4.39 Å². The second kappa shape index (κ2) is 6.14. The van der Waals surface area contributed by atoms with Crippen LogP contribution in [0.2, 0.25) is 0 Å². The van der Waals surface area contributed by atoms with Crippen molar-refractivity contribution in [3.05, 3.63) is 30.1 Å². The highest BCUT2D eigenvalue weighted by molar-refractivity contribution is 7.80. The van der Waals surface area contributed by atoms with E-state index in [-0.39, 0.29) is 5.82 Å². The Morgan fingerprint density at radius 1 is 1.33 bits per heavy atom. The van der Waals surface area contributed by atoms with Gasteiger partial charge in [0, 0.05) is 11.7 Å². The van der Waals surface area contributed by atoms with E-state index in [0.717, 1.165) is 6.42 Å². The molecule has 0 saturated heterocycles. The number of anilines is 1. The average molecular weight is 266 g/mol. The summed E-state index contributed by atoms with van der Waals surface area (Å²) in [4.78, 5) is 0. The van der Waals surface area contributed by atoms with Crippen molar-refractivity contribution in [3.8, 4) is 0 Å². The molecule has 0 amide bonds. The van der Waals surface area contributed by atoms with Crippen molar-refractivity contribution in [2.45, 2.75) is 38.6 Å². The average Bonchev–Trinajstić information content (AvgIpc) is 2.32. The van der Waals surface area contributed by atoms with Gasteiger partial charge in [0.25, 0.3) is 0 Å². The van der Waals surface area contributed by atoms with Crippen LogP contribution in [0.15, 0.2) is 24.3 Å². The highest BCUT2D eigenvalue weighted by Crippen LogP contribution is 2.23. The zero-order valence-corrected chi connectivity index (χ0v) is 11.4. The maximum Gasteiger partial charge on any atom is 0.171 e. The lowest BCUT2D eigenvalue weighted by Gasteiger charge is -2.30. The molecule has 0 aromatic heterocycles. The number of hydrogen-bond acceptors (Lipinski definition) is 1. The van der Waals surface area contributed by atoms with Gasteiger partial charge in [0.1, 0.15) is 5.82 Å². The fourth-order valence-corrected chi connectivity index (χ4v) is 2.70. The van der Waals surface area contributed by atoms with Gasteiger partial charge in [-0.3, -0.25) is 0 Å². The molecule has 1 aliphatic carbocycles. The van der Waals surface area contributed by atoms with Crippen LogP contribution in [0.1, 0.15) is 32.6 Å². The third-order valence-corrected chi connectivity index (χ3v) is 3.73. The summed E-state index contributed by atoms with van der Waals surface area (Å²) >= 11 is 5.27. The molecule has 1 aromatic carbocycles. The molecule has 4 heteroatoms. The Hall–Kier alpha value is -1.16. The lowest BCUT2D eigenvalue weighted by molar-refractivity contribution is 0.309. The smallest absolute Gasteiger partial charge is 0.171 e. The van der Waals surface area contributed by atoms with E-state index < -0.39 is 0 Å².